The molecular weight excluding hydrogens is 411 g/mol. The van der Waals surface area contributed by atoms with Crippen molar-refractivity contribution < 1.29 is 23.5 Å². The Kier molecular flexibility index (Phi) is 7.85. The van der Waals surface area contributed by atoms with Gasteiger partial charge in [0.25, 0.3) is 0 Å². The summed E-state index contributed by atoms with van der Waals surface area (Å²) < 4.78 is 16.7. The van der Waals surface area contributed by atoms with Gasteiger partial charge in [0.1, 0.15) is 0 Å². The number of fused-ring (bicyclic) bond motifs is 1. The molecule has 9 nitrogen and oxygen atoms in total. The first-order chi connectivity index (χ1) is 14.3. The molecule has 1 saturated carbocycles. The summed E-state index contributed by atoms with van der Waals surface area (Å²) in [5.74, 6) is -0.397. The maximum absolute atomic E-state index is 12.3. The van der Waals surface area contributed by atoms with Gasteiger partial charge in [-0.3, -0.25) is 0 Å². The third-order valence-electron chi connectivity index (χ3n) is 5.75. The molecule has 30 heavy (non-hydrogen) atoms. The van der Waals surface area contributed by atoms with E-state index < -0.39 is 25.1 Å². The van der Waals surface area contributed by atoms with E-state index in [-0.39, 0.29) is 24.7 Å². The molecule has 3 rings (SSSR count). The zero-order chi connectivity index (χ0) is 21.7. The van der Waals surface area contributed by atoms with Gasteiger partial charge in [0, 0.05) is 0 Å². The molecule has 2 aliphatic rings. The summed E-state index contributed by atoms with van der Waals surface area (Å²) in [4.78, 5) is 48.9. The molecule has 0 saturated heterocycles. The van der Waals surface area contributed by atoms with E-state index in [2.05, 4.69) is 5.32 Å². The fourth-order valence-electron chi connectivity index (χ4n) is 4.21. The van der Waals surface area contributed by atoms with Gasteiger partial charge in [-0.25, -0.2) is 0 Å². The van der Waals surface area contributed by atoms with E-state index in [1.54, 1.807) is 18.7 Å². The number of hydrogen-bond donors (Lipinski definition) is 2. The van der Waals surface area contributed by atoms with Crippen LogP contribution in [0.2, 0.25) is 0 Å². The average Bonchev–Trinajstić information content (AvgIpc) is 2.92. The number of nitrogens with one attached hydrogen (secondary N) is 1. The Morgan fingerprint density at radius 3 is 2.67 bits per heavy atom. The number of anilines is 2. The molecule has 0 amide bonds. The van der Waals surface area contributed by atoms with Gasteiger partial charge in [-0.1, -0.05) is 0 Å². The second kappa shape index (κ2) is 10.2. The van der Waals surface area contributed by atoms with Crippen molar-refractivity contribution in [3.8, 4) is 0 Å². The predicted molar refractivity (Wildman–Crippen MR) is 117 cm³/mol. The molecule has 0 radical (unpaired) electrons. The predicted octanol–water partition coefficient (Wildman–Crippen LogP) is 1.91. The van der Waals surface area contributed by atoms with Gasteiger partial charge in [0.2, 0.25) is 0 Å². The first-order valence-electron chi connectivity index (χ1n) is 10.9. The molecule has 1 aliphatic heterocycles. The minimum atomic E-state index is -3.65. The van der Waals surface area contributed by atoms with Gasteiger partial charge in [-0.05, 0) is 0 Å². The first kappa shape index (κ1) is 23.1. The summed E-state index contributed by atoms with van der Waals surface area (Å²) in [6.45, 7) is 5.11. The number of esters is 1. The van der Waals surface area contributed by atoms with E-state index in [1.165, 1.54) is 0 Å². The number of carbonyl (C=O) groups is 1. The van der Waals surface area contributed by atoms with Crippen LogP contribution in [0.4, 0.5) is 11.4 Å². The van der Waals surface area contributed by atoms with Crippen molar-refractivity contribution in [1.29, 1.82) is 0 Å². The Morgan fingerprint density at radius 1 is 1.23 bits per heavy atom. The molecule has 0 aromatic heterocycles. The topological polar surface area (TPSA) is 114 Å². The fourth-order valence-corrected chi connectivity index (χ4v) is 6.11. The summed E-state index contributed by atoms with van der Waals surface area (Å²) in [7, 11) is -3.65. The Hall–Kier alpha value is -1.54. The van der Waals surface area contributed by atoms with Crippen LogP contribution in [0.25, 0.3) is 0 Å². The minimum absolute atomic E-state index is 0.108. The molecular formula is C20H33N2O7P. The second-order valence-electron chi connectivity index (χ2n) is 8.00. The first-order valence-corrected chi connectivity index (χ1v) is 12.9. The zero-order valence-corrected chi connectivity index (χ0v) is 18.8. The summed E-state index contributed by atoms with van der Waals surface area (Å²) in [5.41, 5.74) is -0.262. The molecule has 170 valence electrons. The summed E-state index contributed by atoms with van der Waals surface area (Å²) >= 11 is 0. The standard InChI is InChI=1S/C20H33N2O7P/c1-3-27-30(26,29-14(2)28-20(25)15-8-5-4-6-9-15)13-12-22-11-7-10-21-16-17(22)19(24)18(16)23/h14-15,21,26,30H,3-13H2,1-2H3. The fraction of sp³-hybridized carbons (Fsp3) is 0.750. The molecule has 1 aliphatic carbocycles. The number of carbonyl (C=O) groups excluding carboxylic acids is 1. The second-order valence-corrected chi connectivity index (χ2v) is 10.5. The van der Waals surface area contributed by atoms with E-state index in [1.807, 2.05) is 0 Å². The molecule has 10 heteroatoms. The summed E-state index contributed by atoms with van der Waals surface area (Å²) in [6.07, 6.45) is 4.84. The van der Waals surface area contributed by atoms with Crippen LogP contribution >= 0.6 is 7.94 Å². The van der Waals surface area contributed by atoms with Crippen molar-refractivity contribution in [2.45, 2.75) is 58.7 Å². The van der Waals surface area contributed by atoms with Crippen LogP contribution < -0.4 is 21.1 Å². The van der Waals surface area contributed by atoms with Crippen LogP contribution in [-0.4, -0.2) is 49.6 Å². The number of hydrogen-bond acceptors (Lipinski definition) is 9. The van der Waals surface area contributed by atoms with Gasteiger partial charge in [-0.2, -0.15) is 0 Å². The van der Waals surface area contributed by atoms with Gasteiger partial charge >= 0.3 is 176 Å². The Morgan fingerprint density at radius 2 is 1.97 bits per heavy atom. The molecule has 1 heterocycles. The number of rotatable bonds is 9. The van der Waals surface area contributed by atoms with E-state index in [9.17, 15) is 19.3 Å². The maximum atomic E-state index is 12.3. The van der Waals surface area contributed by atoms with Crippen LogP contribution in [0.3, 0.4) is 0 Å². The van der Waals surface area contributed by atoms with Gasteiger partial charge in [0.15, 0.2) is 0 Å². The normalized spacial score (nSPS) is 19.6. The van der Waals surface area contributed by atoms with Crippen molar-refractivity contribution in [3.05, 3.63) is 20.4 Å². The van der Waals surface area contributed by atoms with Gasteiger partial charge in [0.05, 0.1) is 0 Å². The van der Waals surface area contributed by atoms with E-state index in [0.717, 1.165) is 38.5 Å². The molecule has 1 fully saturated rings. The van der Waals surface area contributed by atoms with Crippen LogP contribution in [0.1, 0.15) is 52.4 Å². The summed E-state index contributed by atoms with van der Waals surface area (Å²) in [5, 5.41) is 2.99. The molecule has 0 spiro atoms. The van der Waals surface area contributed by atoms with Gasteiger partial charge in [-0.15, -0.1) is 0 Å². The van der Waals surface area contributed by atoms with Crippen LogP contribution in [0.15, 0.2) is 9.59 Å². The van der Waals surface area contributed by atoms with Crippen molar-refractivity contribution in [1.82, 2.24) is 0 Å². The Bertz CT molecular complexity index is 804. The molecule has 2 N–H and O–H groups in total. The summed E-state index contributed by atoms with van der Waals surface area (Å²) in [6, 6.07) is 0. The molecule has 1 aromatic carbocycles. The van der Waals surface area contributed by atoms with Crippen molar-refractivity contribution in [3.63, 3.8) is 0 Å². The average molecular weight is 444 g/mol. The SMILES string of the molecule is CCO[PH](O)(CCN1CCCNc2c1c(=O)c2=O)OC(C)OC(=O)C1CCCCC1. The van der Waals surface area contributed by atoms with Crippen molar-refractivity contribution in [2.24, 2.45) is 5.92 Å². The third-order valence-corrected chi connectivity index (χ3v) is 8.04. The molecule has 1 unspecified atom stereocenters. The quantitative estimate of drug-likeness (QED) is 0.255. The molecule has 1 atom stereocenters. The van der Waals surface area contributed by atoms with Crippen LogP contribution in [0.5, 0.6) is 0 Å². The van der Waals surface area contributed by atoms with Crippen molar-refractivity contribution in [2.75, 3.05) is 42.6 Å². The van der Waals surface area contributed by atoms with Gasteiger partial charge < -0.3 is 0 Å². The molecule has 0 bridgehead atoms. The van der Waals surface area contributed by atoms with Crippen LogP contribution in [-0.2, 0) is 18.6 Å². The van der Waals surface area contributed by atoms with Crippen molar-refractivity contribution >= 4 is 25.3 Å². The number of nitrogens with zero attached hydrogens (tertiary/aromatic N) is 1. The number of ether oxygens (including phenoxy) is 1. The Balaban J connectivity index is 1.58. The van der Waals surface area contributed by atoms with E-state index in [0.29, 0.717) is 31.0 Å². The molecule has 1 aromatic rings. The van der Waals surface area contributed by atoms with Crippen LogP contribution in [0, 0.1) is 5.92 Å². The monoisotopic (exact) mass is 444 g/mol. The zero-order valence-electron chi connectivity index (χ0n) is 17.8. The van der Waals surface area contributed by atoms with E-state index in [4.69, 9.17) is 13.8 Å². The van der Waals surface area contributed by atoms with E-state index >= 15 is 0 Å². The Labute approximate surface area is 177 Å². The third kappa shape index (κ3) is 5.38.